The standard InChI is InChI=1S/C12H12N2OS2/c15-11-9-17-12(16)14(11)13-8-4-7-10-5-2-1-3-6-10/h1-3,5-6,8H,4,7,9H2/b13-8+. The van der Waals surface area contributed by atoms with E-state index in [1.165, 1.54) is 22.3 Å². The average Bonchev–Trinajstić information content (AvgIpc) is 2.67. The number of rotatable bonds is 4. The first-order valence-corrected chi connectivity index (χ1v) is 6.73. The number of nitrogens with zero attached hydrogens (tertiary/aromatic N) is 2. The Morgan fingerprint density at radius 2 is 2.18 bits per heavy atom. The van der Waals surface area contributed by atoms with Crippen molar-refractivity contribution in [3.63, 3.8) is 0 Å². The highest BCUT2D eigenvalue weighted by molar-refractivity contribution is 8.23. The van der Waals surface area contributed by atoms with Gasteiger partial charge in [0.25, 0.3) is 5.91 Å². The highest BCUT2D eigenvalue weighted by atomic mass is 32.2. The van der Waals surface area contributed by atoms with Crippen molar-refractivity contribution in [2.24, 2.45) is 5.10 Å². The number of hydrogen-bond acceptors (Lipinski definition) is 4. The van der Waals surface area contributed by atoms with Crippen LogP contribution in [-0.4, -0.2) is 27.2 Å². The van der Waals surface area contributed by atoms with E-state index in [-0.39, 0.29) is 5.91 Å². The van der Waals surface area contributed by atoms with Crippen molar-refractivity contribution in [1.82, 2.24) is 5.01 Å². The first-order chi connectivity index (χ1) is 8.27. The Balaban J connectivity index is 1.82. The quantitative estimate of drug-likeness (QED) is 0.618. The summed E-state index contributed by atoms with van der Waals surface area (Å²) in [7, 11) is 0. The summed E-state index contributed by atoms with van der Waals surface area (Å²) in [5.41, 5.74) is 1.27. The van der Waals surface area contributed by atoms with Crippen LogP contribution in [0.4, 0.5) is 0 Å². The number of thiocarbonyl (C=S) groups is 1. The fraction of sp³-hybridized carbons (Fsp3) is 0.250. The molecule has 1 aromatic carbocycles. The smallest absolute Gasteiger partial charge is 0.259 e. The summed E-state index contributed by atoms with van der Waals surface area (Å²) < 4.78 is 0.547. The lowest BCUT2D eigenvalue weighted by atomic mass is 10.1. The normalized spacial score (nSPS) is 16.1. The van der Waals surface area contributed by atoms with Crippen LogP contribution < -0.4 is 0 Å². The zero-order valence-corrected chi connectivity index (χ0v) is 10.8. The van der Waals surface area contributed by atoms with E-state index in [0.29, 0.717) is 10.1 Å². The van der Waals surface area contributed by atoms with Gasteiger partial charge in [-0.3, -0.25) is 4.79 Å². The van der Waals surface area contributed by atoms with Gasteiger partial charge < -0.3 is 0 Å². The number of carbonyl (C=O) groups excluding carboxylic acids is 1. The van der Waals surface area contributed by atoms with Gasteiger partial charge >= 0.3 is 0 Å². The molecule has 0 unspecified atom stereocenters. The molecule has 0 bridgehead atoms. The fourth-order valence-corrected chi connectivity index (χ4v) is 2.44. The topological polar surface area (TPSA) is 32.7 Å². The van der Waals surface area contributed by atoms with Gasteiger partial charge in [-0.25, -0.2) is 0 Å². The van der Waals surface area contributed by atoms with Crippen molar-refractivity contribution in [3.8, 4) is 0 Å². The lowest BCUT2D eigenvalue weighted by Gasteiger charge is -2.06. The molecule has 1 amide bonds. The van der Waals surface area contributed by atoms with Gasteiger partial charge in [0.2, 0.25) is 0 Å². The third-order valence-electron chi connectivity index (χ3n) is 2.33. The van der Waals surface area contributed by atoms with Crippen molar-refractivity contribution in [3.05, 3.63) is 35.9 Å². The number of hydrazone groups is 1. The minimum absolute atomic E-state index is 0.0315. The number of hydrogen-bond donors (Lipinski definition) is 0. The maximum Gasteiger partial charge on any atom is 0.259 e. The molecule has 1 heterocycles. The molecular formula is C12H12N2OS2. The van der Waals surface area contributed by atoms with E-state index in [1.807, 2.05) is 18.2 Å². The molecule has 1 aliphatic rings. The molecule has 5 heteroatoms. The van der Waals surface area contributed by atoms with Gasteiger partial charge in [-0.1, -0.05) is 54.3 Å². The zero-order chi connectivity index (χ0) is 12.1. The molecule has 0 spiro atoms. The van der Waals surface area contributed by atoms with Crippen molar-refractivity contribution in [2.75, 3.05) is 5.75 Å². The van der Waals surface area contributed by atoms with Gasteiger partial charge in [-0.15, -0.1) is 0 Å². The summed E-state index contributed by atoms with van der Waals surface area (Å²) in [6.07, 6.45) is 3.48. The third kappa shape index (κ3) is 3.38. The van der Waals surface area contributed by atoms with Gasteiger partial charge in [-0.05, 0) is 18.4 Å². The van der Waals surface area contributed by atoms with Crippen LogP contribution in [-0.2, 0) is 11.2 Å². The number of benzene rings is 1. The van der Waals surface area contributed by atoms with Gasteiger partial charge in [0.1, 0.15) is 0 Å². The highest BCUT2D eigenvalue weighted by Crippen LogP contribution is 2.19. The van der Waals surface area contributed by atoms with Gasteiger partial charge in [0.15, 0.2) is 4.32 Å². The van der Waals surface area contributed by atoms with E-state index in [1.54, 1.807) is 6.21 Å². The Labute approximate surface area is 110 Å². The highest BCUT2D eigenvalue weighted by Gasteiger charge is 2.25. The van der Waals surface area contributed by atoms with Crippen LogP contribution in [0.5, 0.6) is 0 Å². The second-order valence-electron chi connectivity index (χ2n) is 3.58. The third-order valence-corrected chi connectivity index (χ3v) is 3.67. The van der Waals surface area contributed by atoms with E-state index in [0.717, 1.165) is 12.8 Å². The summed E-state index contributed by atoms with van der Waals surface area (Å²) in [5, 5.41) is 5.41. The van der Waals surface area contributed by atoms with Crippen LogP contribution in [0.15, 0.2) is 35.4 Å². The van der Waals surface area contributed by atoms with E-state index in [9.17, 15) is 4.79 Å². The predicted octanol–water partition coefficient (Wildman–Crippen LogP) is 2.47. The molecule has 17 heavy (non-hydrogen) atoms. The Morgan fingerprint density at radius 1 is 1.41 bits per heavy atom. The molecule has 0 N–H and O–H groups in total. The predicted molar refractivity (Wildman–Crippen MR) is 75.2 cm³/mol. The molecule has 1 aliphatic heterocycles. The summed E-state index contributed by atoms with van der Waals surface area (Å²) in [6.45, 7) is 0. The molecule has 0 aromatic heterocycles. The second kappa shape index (κ2) is 5.93. The van der Waals surface area contributed by atoms with Crippen molar-refractivity contribution in [1.29, 1.82) is 0 Å². The monoisotopic (exact) mass is 264 g/mol. The lowest BCUT2D eigenvalue weighted by Crippen LogP contribution is -2.22. The second-order valence-corrected chi connectivity index (χ2v) is 5.19. The van der Waals surface area contributed by atoms with Gasteiger partial charge in [0.05, 0.1) is 5.75 Å². The minimum Gasteiger partial charge on any atom is -0.272 e. The average molecular weight is 264 g/mol. The van der Waals surface area contributed by atoms with Crippen molar-refractivity contribution >= 4 is 40.4 Å². The Bertz CT molecular complexity index is 429. The maximum atomic E-state index is 11.4. The Morgan fingerprint density at radius 3 is 2.82 bits per heavy atom. The van der Waals surface area contributed by atoms with Gasteiger partial charge in [0, 0.05) is 6.21 Å². The molecule has 88 valence electrons. The number of aryl methyl sites for hydroxylation is 1. The molecule has 0 aliphatic carbocycles. The van der Waals surface area contributed by atoms with E-state index >= 15 is 0 Å². The van der Waals surface area contributed by atoms with Gasteiger partial charge in [-0.2, -0.15) is 10.1 Å². The molecule has 2 rings (SSSR count). The summed E-state index contributed by atoms with van der Waals surface area (Å²) in [4.78, 5) is 11.4. The van der Waals surface area contributed by atoms with Crippen LogP contribution in [0.3, 0.4) is 0 Å². The Hall–Kier alpha value is -1.20. The SMILES string of the molecule is O=C1CSC(=S)N1/N=C/CCc1ccccc1. The Kier molecular flexibility index (Phi) is 4.28. The lowest BCUT2D eigenvalue weighted by molar-refractivity contribution is -0.124. The van der Waals surface area contributed by atoms with Crippen LogP contribution in [0.1, 0.15) is 12.0 Å². The number of carbonyl (C=O) groups is 1. The maximum absolute atomic E-state index is 11.4. The largest absolute Gasteiger partial charge is 0.272 e. The molecule has 0 radical (unpaired) electrons. The minimum atomic E-state index is -0.0315. The summed E-state index contributed by atoms with van der Waals surface area (Å²) >= 11 is 6.38. The first-order valence-electron chi connectivity index (χ1n) is 5.33. The summed E-state index contributed by atoms with van der Waals surface area (Å²) in [6, 6.07) is 10.2. The van der Waals surface area contributed by atoms with Crippen LogP contribution in [0.2, 0.25) is 0 Å². The molecule has 0 atom stereocenters. The molecule has 1 fully saturated rings. The zero-order valence-electron chi connectivity index (χ0n) is 9.20. The van der Waals surface area contributed by atoms with E-state index < -0.39 is 0 Å². The molecule has 1 aromatic rings. The van der Waals surface area contributed by atoms with Crippen LogP contribution in [0.25, 0.3) is 0 Å². The van der Waals surface area contributed by atoms with Crippen LogP contribution >= 0.6 is 24.0 Å². The summed E-state index contributed by atoms with van der Waals surface area (Å²) in [5.74, 6) is 0.380. The van der Waals surface area contributed by atoms with Crippen molar-refractivity contribution < 1.29 is 4.79 Å². The fourth-order valence-electron chi connectivity index (χ4n) is 1.47. The first kappa shape index (κ1) is 12.3. The number of amides is 1. The van der Waals surface area contributed by atoms with E-state index in [2.05, 4.69) is 17.2 Å². The molecule has 1 saturated heterocycles. The van der Waals surface area contributed by atoms with Crippen LogP contribution in [0, 0.1) is 0 Å². The van der Waals surface area contributed by atoms with E-state index in [4.69, 9.17) is 12.2 Å². The van der Waals surface area contributed by atoms with Crippen molar-refractivity contribution in [2.45, 2.75) is 12.8 Å². The molecule has 3 nitrogen and oxygen atoms in total. The number of thioether (sulfide) groups is 1. The molecular weight excluding hydrogens is 252 g/mol. The molecule has 0 saturated carbocycles.